The molecule has 1 aromatic carbocycles. The van der Waals surface area contributed by atoms with Crippen molar-refractivity contribution >= 4 is 24.8 Å². The molecule has 1 fully saturated rings. The predicted molar refractivity (Wildman–Crippen MR) is 107 cm³/mol. The van der Waals surface area contributed by atoms with Gasteiger partial charge in [0.05, 0.1) is 0 Å². The van der Waals surface area contributed by atoms with Gasteiger partial charge in [0.15, 0.2) is 0 Å². The van der Waals surface area contributed by atoms with Crippen LogP contribution < -0.4 is 10.5 Å². The zero-order valence-corrected chi connectivity index (χ0v) is 16.2. The van der Waals surface area contributed by atoms with E-state index in [4.69, 9.17) is 10.5 Å². The van der Waals surface area contributed by atoms with Gasteiger partial charge in [0.25, 0.3) is 0 Å². The summed E-state index contributed by atoms with van der Waals surface area (Å²) in [4.78, 5) is 6.58. The number of pyridine rings is 1. The van der Waals surface area contributed by atoms with E-state index >= 15 is 0 Å². The van der Waals surface area contributed by atoms with Crippen LogP contribution in [0.3, 0.4) is 0 Å². The van der Waals surface area contributed by atoms with Crippen LogP contribution in [0.5, 0.6) is 5.75 Å². The molecule has 2 heterocycles. The summed E-state index contributed by atoms with van der Waals surface area (Å²) >= 11 is 0. The first-order valence-corrected chi connectivity index (χ1v) is 8.20. The summed E-state index contributed by atoms with van der Waals surface area (Å²) in [5.74, 6) is 0.894. The van der Waals surface area contributed by atoms with Crippen molar-refractivity contribution in [3.8, 4) is 5.75 Å². The second-order valence-corrected chi connectivity index (χ2v) is 6.77. The Labute approximate surface area is 162 Å². The number of nitrogens with two attached hydrogens (primary N) is 1. The van der Waals surface area contributed by atoms with Crippen LogP contribution in [-0.4, -0.2) is 29.5 Å². The van der Waals surface area contributed by atoms with Crippen molar-refractivity contribution in [3.63, 3.8) is 0 Å². The van der Waals surface area contributed by atoms with Gasteiger partial charge in [-0.1, -0.05) is 25.1 Å². The van der Waals surface area contributed by atoms with Gasteiger partial charge in [0.2, 0.25) is 0 Å². The molecule has 0 aliphatic carbocycles. The molecule has 1 saturated heterocycles. The fraction of sp³-hybridized carbons (Fsp3) is 0.421. The topological polar surface area (TPSA) is 51.4 Å². The smallest absolute Gasteiger partial charge is 0.119 e. The summed E-state index contributed by atoms with van der Waals surface area (Å²) < 4.78 is 5.80. The van der Waals surface area contributed by atoms with E-state index < -0.39 is 0 Å². The zero-order valence-electron chi connectivity index (χ0n) is 14.6. The van der Waals surface area contributed by atoms with E-state index in [0.717, 1.165) is 37.5 Å². The Kier molecular flexibility index (Phi) is 8.66. The molecule has 1 aromatic heterocycles. The van der Waals surface area contributed by atoms with Crippen LogP contribution in [0.15, 0.2) is 48.8 Å². The maximum absolute atomic E-state index is 5.88. The number of likely N-dealkylation sites (tertiary alicyclic amines) is 1. The largest absolute Gasteiger partial charge is 0.489 e. The fourth-order valence-corrected chi connectivity index (χ4v) is 3.03. The molecule has 1 aliphatic heterocycles. The molecule has 25 heavy (non-hydrogen) atoms. The first-order chi connectivity index (χ1) is 11.2. The van der Waals surface area contributed by atoms with Gasteiger partial charge in [-0.25, -0.2) is 0 Å². The lowest BCUT2D eigenvalue weighted by Gasteiger charge is -2.22. The average Bonchev–Trinajstić information content (AvgIpc) is 2.97. The van der Waals surface area contributed by atoms with E-state index in [1.807, 2.05) is 30.5 Å². The lowest BCUT2D eigenvalue weighted by Crippen LogP contribution is -2.31. The second kappa shape index (κ2) is 9.97. The van der Waals surface area contributed by atoms with E-state index in [2.05, 4.69) is 28.9 Å². The quantitative estimate of drug-likeness (QED) is 0.826. The first-order valence-electron chi connectivity index (χ1n) is 8.20. The molecule has 1 unspecified atom stereocenters. The molecule has 2 N–H and O–H groups in total. The Morgan fingerprint density at radius 1 is 1.16 bits per heavy atom. The van der Waals surface area contributed by atoms with Gasteiger partial charge in [-0.3, -0.25) is 9.88 Å². The van der Waals surface area contributed by atoms with Crippen LogP contribution in [0.1, 0.15) is 24.5 Å². The third-order valence-corrected chi connectivity index (χ3v) is 4.59. The summed E-state index contributed by atoms with van der Waals surface area (Å²) in [7, 11) is 0. The van der Waals surface area contributed by atoms with Crippen LogP contribution in [0.2, 0.25) is 0 Å². The normalized spacial score (nSPS) is 19.8. The summed E-state index contributed by atoms with van der Waals surface area (Å²) in [6.45, 7) is 6.80. The number of rotatable bonds is 6. The fourth-order valence-electron chi connectivity index (χ4n) is 3.03. The summed E-state index contributed by atoms with van der Waals surface area (Å²) in [6, 6.07) is 12.3. The van der Waals surface area contributed by atoms with Crippen LogP contribution >= 0.6 is 24.8 Å². The van der Waals surface area contributed by atoms with Gasteiger partial charge in [-0.15, -0.1) is 24.8 Å². The summed E-state index contributed by atoms with van der Waals surface area (Å²) in [5.41, 5.74) is 8.56. The SMILES string of the molecule is CC1(CN)CCN(Cc2ccc(OCc3cccnc3)cc2)C1.Cl.Cl. The molecule has 3 rings (SSSR count). The molecule has 0 saturated carbocycles. The molecule has 2 aromatic rings. The molecule has 138 valence electrons. The molecule has 0 amide bonds. The maximum Gasteiger partial charge on any atom is 0.119 e. The Morgan fingerprint density at radius 3 is 2.52 bits per heavy atom. The van der Waals surface area contributed by atoms with Crippen molar-refractivity contribution in [3.05, 3.63) is 59.9 Å². The van der Waals surface area contributed by atoms with E-state index in [1.165, 1.54) is 12.0 Å². The van der Waals surface area contributed by atoms with E-state index in [0.29, 0.717) is 6.61 Å². The Bertz CT molecular complexity index is 624. The van der Waals surface area contributed by atoms with Gasteiger partial charge in [-0.2, -0.15) is 0 Å². The highest BCUT2D eigenvalue weighted by atomic mass is 35.5. The van der Waals surface area contributed by atoms with Crippen LogP contribution in [0.4, 0.5) is 0 Å². The van der Waals surface area contributed by atoms with Gasteiger partial charge in [-0.05, 0) is 48.7 Å². The third-order valence-electron chi connectivity index (χ3n) is 4.59. The van der Waals surface area contributed by atoms with Crippen molar-refractivity contribution in [1.29, 1.82) is 0 Å². The Balaban J connectivity index is 0.00000156. The molecule has 4 nitrogen and oxygen atoms in total. The molecule has 6 heteroatoms. The van der Waals surface area contributed by atoms with Crippen molar-refractivity contribution in [2.24, 2.45) is 11.1 Å². The van der Waals surface area contributed by atoms with Gasteiger partial charge in [0.1, 0.15) is 12.4 Å². The number of nitrogens with zero attached hydrogens (tertiary/aromatic N) is 2. The molecule has 1 atom stereocenters. The predicted octanol–water partition coefficient (Wildman–Crippen LogP) is 3.67. The van der Waals surface area contributed by atoms with Crippen molar-refractivity contribution in [2.75, 3.05) is 19.6 Å². The first kappa shape index (κ1) is 21.7. The van der Waals surface area contributed by atoms with E-state index in [-0.39, 0.29) is 30.2 Å². The van der Waals surface area contributed by atoms with Crippen LogP contribution in [0.25, 0.3) is 0 Å². The third kappa shape index (κ3) is 6.15. The molecule has 0 bridgehead atoms. The number of benzene rings is 1. The van der Waals surface area contributed by atoms with Crippen molar-refractivity contribution < 1.29 is 4.74 Å². The second-order valence-electron chi connectivity index (χ2n) is 6.77. The average molecular weight is 384 g/mol. The Hall–Kier alpha value is -1.33. The minimum absolute atomic E-state index is 0. The molecule has 0 spiro atoms. The monoisotopic (exact) mass is 383 g/mol. The highest BCUT2D eigenvalue weighted by Crippen LogP contribution is 2.29. The van der Waals surface area contributed by atoms with E-state index in [1.54, 1.807) is 6.20 Å². The minimum atomic E-state index is 0. The standard InChI is InChI=1S/C19H25N3O.2ClH/c1-19(14-20)8-10-22(15-19)12-16-4-6-18(7-5-16)23-13-17-3-2-9-21-11-17;;/h2-7,9,11H,8,10,12-15,20H2,1H3;2*1H. The molecule has 1 aliphatic rings. The Morgan fingerprint density at radius 2 is 1.92 bits per heavy atom. The van der Waals surface area contributed by atoms with Gasteiger partial charge in [0, 0.05) is 31.0 Å². The highest BCUT2D eigenvalue weighted by molar-refractivity contribution is 5.85. The molecular weight excluding hydrogens is 357 g/mol. The number of hydrogen-bond donors (Lipinski definition) is 1. The molecule has 0 radical (unpaired) electrons. The van der Waals surface area contributed by atoms with Crippen LogP contribution in [0, 0.1) is 5.41 Å². The maximum atomic E-state index is 5.88. The van der Waals surface area contributed by atoms with Gasteiger partial charge >= 0.3 is 0 Å². The highest BCUT2D eigenvalue weighted by Gasteiger charge is 2.32. The summed E-state index contributed by atoms with van der Waals surface area (Å²) in [5, 5.41) is 0. The zero-order chi connectivity index (χ0) is 16.1. The minimum Gasteiger partial charge on any atom is -0.489 e. The van der Waals surface area contributed by atoms with Crippen molar-refractivity contribution in [2.45, 2.75) is 26.5 Å². The lowest BCUT2D eigenvalue weighted by atomic mass is 9.90. The van der Waals surface area contributed by atoms with Crippen LogP contribution in [-0.2, 0) is 13.2 Å². The lowest BCUT2D eigenvalue weighted by molar-refractivity contribution is 0.274. The number of ether oxygens (including phenoxy) is 1. The molecular formula is C19H27Cl2N3O. The number of hydrogen-bond acceptors (Lipinski definition) is 4. The number of halogens is 2. The van der Waals surface area contributed by atoms with Gasteiger partial charge < -0.3 is 10.5 Å². The number of aromatic nitrogens is 1. The van der Waals surface area contributed by atoms with E-state index in [9.17, 15) is 0 Å². The summed E-state index contributed by atoms with van der Waals surface area (Å²) in [6.07, 6.45) is 4.79. The van der Waals surface area contributed by atoms with Crippen molar-refractivity contribution in [1.82, 2.24) is 9.88 Å².